The van der Waals surface area contributed by atoms with Gasteiger partial charge in [-0.3, -0.25) is 4.79 Å². The molecule has 5 heteroatoms. The molecule has 0 fully saturated rings. The van der Waals surface area contributed by atoms with Gasteiger partial charge in [-0.05, 0) is 31.5 Å². The van der Waals surface area contributed by atoms with Crippen LogP contribution >= 0.6 is 11.3 Å². The van der Waals surface area contributed by atoms with Crippen molar-refractivity contribution in [3.63, 3.8) is 0 Å². The van der Waals surface area contributed by atoms with Gasteiger partial charge in [-0.15, -0.1) is 11.3 Å². The summed E-state index contributed by atoms with van der Waals surface area (Å²) in [5.41, 5.74) is 3.96. The third-order valence-corrected chi connectivity index (χ3v) is 5.04. The Morgan fingerprint density at radius 1 is 1.08 bits per heavy atom. The summed E-state index contributed by atoms with van der Waals surface area (Å²) in [4.78, 5) is 21.2. The largest absolute Gasteiger partial charge is 0.438 e. The number of nitrogens with zero attached hydrogens (tertiary/aromatic N) is 2. The second-order valence-electron chi connectivity index (χ2n) is 6.06. The SMILES string of the molecule is CC(=O)c1cccc(Oc2ncnc3scc(-c4ccc(C)cc4)c23)c1. The molecule has 2 heterocycles. The first kappa shape index (κ1) is 16.4. The van der Waals surface area contributed by atoms with Crippen LogP contribution in [-0.2, 0) is 0 Å². The van der Waals surface area contributed by atoms with Crippen molar-refractivity contribution in [1.82, 2.24) is 9.97 Å². The Morgan fingerprint density at radius 2 is 1.88 bits per heavy atom. The van der Waals surface area contributed by atoms with E-state index in [-0.39, 0.29) is 5.78 Å². The number of aryl methyl sites for hydroxylation is 1. The number of hydrogen-bond donors (Lipinski definition) is 0. The molecule has 0 atom stereocenters. The second kappa shape index (κ2) is 6.69. The van der Waals surface area contributed by atoms with Crippen molar-refractivity contribution in [2.75, 3.05) is 0 Å². The average Bonchev–Trinajstić information content (AvgIpc) is 3.08. The first-order valence-electron chi connectivity index (χ1n) is 8.20. The van der Waals surface area contributed by atoms with Crippen LogP contribution in [0.15, 0.2) is 60.2 Å². The molecule has 4 nitrogen and oxygen atoms in total. The maximum atomic E-state index is 11.6. The van der Waals surface area contributed by atoms with Gasteiger partial charge in [0.25, 0.3) is 0 Å². The van der Waals surface area contributed by atoms with Crippen LogP contribution in [0.25, 0.3) is 21.3 Å². The van der Waals surface area contributed by atoms with E-state index in [2.05, 4.69) is 46.5 Å². The summed E-state index contributed by atoms with van der Waals surface area (Å²) in [6.07, 6.45) is 1.50. The zero-order valence-electron chi connectivity index (χ0n) is 14.4. The van der Waals surface area contributed by atoms with E-state index in [1.54, 1.807) is 29.5 Å². The molecule has 2 aromatic heterocycles. The molecule has 4 rings (SSSR count). The summed E-state index contributed by atoms with van der Waals surface area (Å²) in [6.45, 7) is 3.60. The van der Waals surface area contributed by atoms with E-state index in [1.165, 1.54) is 18.8 Å². The van der Waals surface area contributed by atoms with E-state index >= 15 is 0 Å². The quantitative estimate of drug-likeness (QED) is 0.441. The van der Waals surface area contributed by atoms with E-state index in [0.717, 1.165) is 21.3 Å². The van der Waals surface area contributed by atoms with Crippen LogP contribution in [0.5, 0.6) is 11.6 Å². The smallest absolute Gasteiger partial charge is 0.231 e. The third-order valence-electron chi connectivity index (χ3n) is 4.15. The van der Waals surface area contributed by atoms with Crippen molar-refractivity contribution in [3.05, 3.63) is 71.4 Å². The molecule has 0 aliphatic heterocycles. The summed E-state index contributed by atoms with van der Waals surface area (Å²) in [5.74, 6) is 1.07. The molecular formula is C21H16N2O2S. The lowest BCUT2D eigenvalue weighted by Crippen LogP contribution is -1.94. The predicted octanol–water partition coefficient (Wildman–Crippen LogP) is 5.66. The molecule has 0 saturated carbocycles. The van der Waals surface area contributed by atoms with E-state index in [9.17, 15) is 4.79 Å². The fourth-order valence-electron chi connectivity index (χ4n) is 2.76. The van der Waals surface area contributed by atoms with Gasteiger partial charge in [0.15, 0.2) is 5.78 Å². The van der Waals surface area contributed by atoms with Crippen molar-refractivity contribution < 1.29 is 9.53 Å². The normalized spacial score (nSPS) is 10.8. The van der Waals surface area contributed by atoms with Gasteiger partial charge in [0.05, 0.1) is 5.39 Å². The number of carbonyl (C=O) groups excluding carboxylic acids is 1. The predicted molar refractivity (Wildman–Crippen MR) is 104 cm³/mol. The molecule has 0 bridgehead atoms. The summed E-state index contributed by atoms with van der Waals surface area (Å²) in [6, 6.07) is 15.5. The molecule has 0 spiro atoms. The first-order valence-corrected chi connectivity index (χ1v) is 9.08. The van der Waals surface area contributed by atoms with Gasteiger partial charge in [0.2, 0.25) is 5.88 Å². The van der Waals surface area contributed by atoms with Crippen LogP contribution < -0.4 is 4.74 Å². The highest BCUT2D eigenvalue weighted by molar-refractivity contribution is 7.17. The molecule has 128 valence electrons. The molecular weight excluding hydrogens is 344 g/mol. The van der Waals surface area contributed by atoms with Gasteiger partial charge in [-0.25, -0.2) is 9.97 Å². The van der Waals surface area contributed by atoms with Crippen LogP contribution in [0.1, 0.15) is 22.8 Å². The number of ether oxygens (including phenoxy) is 1. The van der Waals surface area contributed by atoms with Crippen LogP contribution in [0.4, 0.5) is 0 Å². The molecule has 0 amide bonds. The number of rotatable bonds is 4. The van der Waals surface area contributed by atoms with Crippen LogP contribution in [0.3, 0.4) is 0 Å². The van der Waals surface area contributed by atoms with Gasteiger partial charge < -0.3 is 4.74 Å². The minimum absolute atomic E-state index is 0.000776. The van der Waals surface area contributed by atoms with Crippen molar-refractivity contribution >= 4 is 27.3 Å². The van der Waals surface area contributed by atoms with Gasteiger partial charge in [0, 0.05) is 16.5 Å². The van der Waals surface area contributed by atoms with E-state index in [0.29, 0.717) is 17.2 Å². The zero-order valence-corrected chi connectivity index (χ0v) is 15.2. The number of thiophene rings is 1. The molecule has 0 N–H and O–H groups in total. The minimum Gasteiger partial charge on any atom is -0.438 e. The molecule has 0 radical (unpaired) electrons. The molecule has 0 saturated heterocycles. The minimum atomic E-state index is -0.000776. The summed E-state index contributed by atoms with van der Waals surface area (Å²) in [5, 5.41) is 2.96. The highest BCUT2D eigenvalue weighted by Gasteiger charge is 2.15. The highest BCUT2D eigenvalue weighted by Crippen LogP contribution is 2.39. The maximum Gasteiger partial charge on any atom is 0.231 e. The number of Topliss-reactive ketones (excluding diaryl/α,β-unsaturated/α-hetero) is 1. The summed E-state index contributed by atoms with van der Waals surface area (Å²) >= 11 is 1.56. The van der Waals surface area contributed by atoms with Crippen molar-refractivity contribution in [2.24, 2.45) is 0 Å². The fraction of sp³-hybridized carbons (Fsp3) is 0.0952. The molecule has 0 unspecified atom stereocenters. The van der Waals surface area contributed by atoms with Gasteiger partial charge >= 0.3 is 0 Å². The maximum absolute atomic E-state index is 11.6. The Kier molecular flexibility index (Phi) is 4.22. The number of aromatic nitrogens is 2. The Bertz CT molecular complexity index is 1100. The number of ketones is 1. The lowest BCUT2D eigenvalue weighted by Gasteiger charge is -2.08. The molecule has 0 aliphatic carbocycles. The first-order chi connectivity index (χ1) is 12.6. The Labute approximate surface area is 155 Å². The van der Waals surface area contributed by atoms with Crippen LogP contribution in [-0.4, -0.2) is 15.8 Å². The lowest BCUT2D eigenvalue weighted by atomic mass is 10.0. The second-order valence-corrected chi connectivity index (χ2v) is 6.92. The van der Waals surface area contributed by atoms with Crippen molar-refractivity contribution in [1.29, 1.82) is 0 Å². The number of hydrogen-bond acceptors (Lipinski definition) is 5. The van der Waals surface area contributed by atoms with Gasteiger partial charge in [-0.1, -0.05) is 42.0 Å². The van der Waals surface area contributed by atoms with E-state index in [1.807, 2.05) is 6.07 Å². The lowest BCUT2D eigenvalue weighted by molar-refractivity contribution is 0.101. The Morgan fingerprint density at radius 3 is 2.65 bits per heavy atom. The topological polar surface area (TPSA) is 52.1 Å². The van der Waals surface area contributed by atoms with Crippen molar-refractivity contribution in [2.45, 2.75) is 13.8 Å². The number of benzene rings is 2. The van der Waals surface area contributed by atoms with E-state index in [4.69, 9.17) is 4.74 Å². The van der Waals surface area contributed by atoms with Crippen LogP contribution in [0, 0.1) is 6.92 Å². The fourth-order valence-corrected chi connectivity index (χ4v) is 3.67. The van der Waals surface area contributed by atoms with Crippen LogP contribution in [0.2, 0.25) is 0 Å². The molecule has 26 heavy (non-hydrogen) atoms. The Hall–Kier alpha value is -3.05. The average molecular weight is 360 g/mol. The van der Waals surface area contributed by atoms with Gasteiger partial charge in [0.1, 0.15) is 16.9 Å². The third kappa shape index (κ3) is 3.09. The standard InChI is InChI=1S/C21H16N2O2S/c1-13-6-8-15(9-7-13)18-11-26-21-19(18)20(22-12-23-21)25-17-5-3-4-16(10-17)14(2)24/h3-12H,1-2H3. The molecule has 2 aromatic carbocycles. The Balaban J connectivity index is 1.80. The number of fused-ring (bicyclic) bond motifs is 1. The van der Waals surface area contributed by atoms with Gasteiger partial charge in [-0.2, -0.15) is 0 Å². The molecule has 4 aromatic rings. The van der Waals surface area contributed by atoms with E-state index < -0.39 is 0 Å². The highest BCUT2D eigenvalue weighted by atomic mass is 32.1. The summed E-state index contributed by atoms with van der Waals surface area (Å²) < 4.78 is 6.03. The zero-order chi connectivity index (χ0) is 18.1. The number of carbonyl (C=O) groups is 1. The summed E-state index contributed by atoms with van der Waals surface area (Å²) in [7, 11) is 0. The molecule has 0 aliphatic rings. The monoisotopic (exact) mass is 360 g/mol. The van der Waals surface area contributed by atoms with Crippen molar-refractivity contribution in [3.8, 4) is 22.8 Å².